The largest absolute Gasteiger partial charge is 0.197 e. The molecule has 0 spiro atoms. The lowest BCUT2D eigenvalue weighted by atomic mass is 10.0. The lowest BCUT2D eigenvalue weighted by molar-refractivity contribution is 0.937. The van der Waals surface area contributed by atoms with Gasteiger partial charge in [0.15, 0.2) is 0 Å². The number of aromatic amines is 1. The number of aromatic nitrogens is 3. The summed E-state index contributed by atoms with van der Waals surface area (Å²) in [6.45, 7) is 4.13. The second kappa shape index (κ2) is 4.90. The molecule has 0 bridgehead atoms. The van der Waals surface area contributed by atoms with Crippen LogP contribution in [0.2, 0.25) is 0 Å². The number of nitrogens with one attached hydrogen (secondary N) is 1. The number of hydrogen-bond acceptors (Lipinski definition) is 2. The normalized spacial score (nSPS) is 10.3. The van der Waals surface area contributed by atoms with Crippen LogP contribution in [-0.2, 0) is 0 Å². The maximum absolute atomic E-state index is 4.24. The van der Waals surface area contributed by atoms with Gasteiger partial charge in [0.25, 0.3) is 0 Å². The van der Waals surface area contributed by atoms with Crippen molar-refractivity contribution < 1.29 is 0 Å². The molecule has 2 aromatic carbocycles. The minimum Gasteiger partial charge on any atom is -0.197 e. The Hall–Kier alpha value is -2.68. The second-order valence-corrected chi connectivity index (χ2v) is 4.23. The van der Waals surface area contributed by atoms with Gasteiger partial charge in [0.1, 0.15) is 11.4 Å². The van der Waals surface area contributed by atoms with Crippen LogP contribution in [0.5, 0.6) is 0 Å². The van der Waals surface area contributed by atoms with Gasteiger partial charge in [-0.25, -0.2) is 0 Å². The van der Waals surface area contributed by atoms with Gasteiger partial charge in [0, 0.05) is 11.1 Å². The number of H-pyrrole nitrogens is 1. The third kappa shape index (κ3) is 2.18. The highest BCUT2D eigenvalue weighted by Gasteiger charge is 2.13. The number of hydrogen-bond donors (Lipinski definition) is 1. The van der Waals surface area contributed by atoms with E-state index in [9.17, 15) is 0 Å². The SMILES string of the molecule is C=C(c1ccccc1)c1n[nH]nc1-c1ccccc1. The van der Waals surface area contributed by atoms with Gasteiger partial charge in [0.05, 0.1) is 0 Å². The third-order valence-corrected chi connectivity index (χ3v) is 3.00. The summed E-state index contributed by atoms with van der Waals surface area (Å²) in [4.78, 5) is 0. The average Bonchev–Trinajstić information content (AvgIpc) is 2.98. The molecule has 0 saturated heterocycles. The first-order chi connectivity index (χ1) is 9.36. The number of rotatable bonds is 3. The van der Waals surface area contributed by atoms with Gasteiger partial charge in [0.2, 0.25) is 0 Å². The molecule has 3 rings (SSSR count). The van der Waals surface area contributed by atoms with E-state index in [1.165, 1.54) is 0 Å². The van der Waals surface area contributed by atoms with Crippen LogP contribution in [0.25, 0.3) is 16.8 Å². The van der Waals surface area contributed by atoms with Gasteiger partial charge in [-0.3, -0.25) is 0 Å². The Morgan fingerprint density at radius 1 is 0.842 bits per heavy atom. The van der Waals surface area contributed by atoms with E-state index in [1.807, 2.05) is 60.7 Å². The minimum atomic E-state index is 0.789. The summed E-state index contributed by atoms with van der Waals surface area (Å²) in [6, 6.07) is 20.0. The van der Waals surface area contributed by atoms with Crippen LogP contribution in [0.4, 0.5) is 0 Å². The molecule has 3 aromatic rings. The fraction of sp³-hybridized carbons (Fsp3) is 0. The van der Waals surface area contributed by atoms with Crippen molar-refractivity contribution in [3.8, 4) is 11.3 Å². The Morgan fingerprint density at radius 3 is 2.16 bits per heavy atom. The Labute approximate surface area is 111 Å². The van der Waals surface area contributed by atoms with E-state index in [0.29, 0.717) is 0 Å². The first-order valence-corrected chi connectivity index (χ1v) is 6.07. The molecule has 0 amide bonds. The third-order valence-electron chi connectivity index (χ3n) is 3.00. The van der Waals surface area contributed by atoms with E-state index < -0.39 is 0 Å². The fourth-order valence-electron chi connectivity index (χ4n) is 2.01. The standard InChI is InChI=1S/C16H13N3/c1-12(13-8-4-2-5-9-13)15-16(18-19-17-15)14-10-6-3-7-11-14/h2-11H,1H2,(H,17,18,19). The van der Waals surface area contributed by atoms with Crippen LogP contribution >= 0.6 is 0 Å². The minimum absolute atomic E-state index is 0.789. The molecule has 1 heterocycles. The van der Waals surface area contributed by atoms with Crippen molar-refractivity contribution >= 4 is 5.57 Å². The van der Waals surface area contributed by atoms with Crippen LogP contribution in [0.1, 0.15) is 11.3 Å². The van der Waals surface area contributed by atoms with E-state index in [0.717, 1.165) is 28.1 Å². The number of benzene rings is 2. The molecule has 0 unspecified atom stereocenters. The first kappa shape index (κ1) is 11.4. The molecule has 0 aliphatic heterocycles. The van der Waals surface area contributed by atoms with Gasteiger partial charge in [-0.2, -0.15) is 15.4 Å². The summed E-state index contributed by atoms with van der Waals surface area (Å²) < 4.78 is 0. The Balaban J connectivity index is 2.04. The van der Waals surface area contributed by atoms with E-state index in [-0.39, 0.29) is 0 Å². The molecule has 0 radical (unpaired) electrons. The molecular formula is C16H13N3. The molecule has 3 heteroatoms. The Bertz CT molecular complexity index is 684. The van der Waals surface area contributed by atoms with Crippen LogP contribution < -0.4 is 0 Å². The summed E-state index contributed by atoms with van der Waals surface area (Å²) in [6.07, 6.45) is 0. The highest BCUT2D eigenvalue weighted by atomic mass is 15.3. The van der Waals surface area contributed by atoms with Crippen LogP contribution in [0, 0.1) is 0 Å². The zero-order valence-electron chi connectivity index (χ0n) is 10.4. The van der Waals surface area contributed by atoms with Crippen molar-refractivity contribution in [1.29, 1.82) is 0 Å². The van der Waals surface area contributed by atoms with Gasteiger partial charge < -0.3 is 0 Å². The number of nitrogens with zero attached hydrogens (tertiary/aromatic N) is 2. The Morgan fingerprint density at radius 2 is 1.47 bits per heavy atom. The molecule has 0 fully saturated rings. The monoisotopic (exact) mass is 247 g/mol. The molecule has 19 heavy (non-hydrogen) atoms. The predicted molar refractivity (Wildman–Crippen MR) is 76.4 cm³/mol. The second-order valence-electron chi connectivity index (χ2n) is 4.23. The van der Waals surface area contributed by atoms with Crippen molar-refractivity contribution in [2.45, 2.75) is 0 Å². The molecule has 1 N–H and O–H groups in total. The summed E-state index contributed by atoms with van der Waals surface area (Å²) in [5.74, 6) is 0. The molecule has 92 valence electrons. The fourth-order valence-corrected chi connectivity index (χ4v) is 2.01. The van der Waals surface area contributed by atoms with Crippen LogP contribution in [0.15, 0.2) is 67.2 Å². The summed E-state index contributed by atoms with van der Waals surface area (Å²) in [5.41, 5.74) is 4.57. The smallest absolute Gasteiger partial charge is 0.120 e. The van der Waals surface area contributed by atoms with Crippen molar-refractivity contribution in [3.63, 3.8) is 0 Å². The van der Waals surface area contributed by atoms with Crippen LogP contribution in [0.3, 0.4) is 0 Å². The average molecular weight is 247 g/mol. The lowest BCUT2D eigenvalue weighted by Gasteiger charge is -2.04. The first-order valence-electron chi connectivity index (χ1n) is 6.07. The van der Waals surface area contributed by atoms with Gasteiger partial charge in [-0.05, 0) is 5.56 Å². The Kier molecular flexibility index (Phi) is 2.94. The maximum Gasteiger partial charge on any atom is 0.120 e. The molecule has 0 atom stereocenters. The summed E-state index contributed by atoms with van der Waals surface area (Å²) in [5, 5.41) is 11.2. The summed E-state index contributed by atoms with van der Waals surface area (Å²) >= 11 is 0. The molecule has 0 aliphatic rings. The zero-order chi connectivity index (χ0) is 13.1. The quantitative estimate of drug-likeness (QED) is 0.769. The maximum atomic E-state index is 4.24. The molecule has 0 aliphatic carbocycles. The molecular weight excluding hydrogens is 234 g/mol. The topological polar surface area (TPSA) is 41.6 Å². The van der Waals surface area contributed by atoms with E-state index in [1.54, 1.807) is 0 Å². The van der Waals surface area contributed by atoms with E-state index >= 15 is 0 Å². The predicted octanol–water partition coefficient (Wildman–Crippen LogP) is 3.53. The highest BCUT2D eigenvalue weighted by Crippen LogP contribution is 2.27. The van der Waals surface area contributed by atoms with Crippen molar-refractivity contribution in [3.05, 3.63) is 78.5 Å². The van der Waals surface area contributed by atoms with Crippen LogP contribution in [-0.4, -0.2) is 15.4 Å². The lowest BCUT2D eigenvalue weighted by Crippen LogP contribution is -1.90. The van der Waals surface area contributed by atoms with E-state index in [2.05, 4.69) is 22.0 Å². The van der Waals surface area contributed by atoms with Gasteiger partial charge in [-0.1, -0.05) is 67.2 Å². The summed E-state index contributed by atoms with van der Waals surface area (Å²) in [7, 11) is 0. The molecule has 3 nitrogen and oxygen atoms in total. The van der Waals surface area contributed by atoms with Crippen molar-refractivity contribution in [2.75, 3.05) is 0 Å². The zero-order valence-corrected chi connectivity index (χ0v) is 10.4. The van der Waals surface area contributed by atoms with Crippen molar-refractivity contribution in [1.82, 2.24) is 15.4 Å². The molecule has 0 saturated carbocycles. The van der Waals surface area contributed by atoms with Gasteiger partial charge >= 0.3 is 0 Å². The van der Waals surface area contributed by atoms with Gasteiger partial charge in [-0.15, -0.1) is 0 Å². The van der Waals surface area contributed by atoms with Crippen molar-refractivity contribution in [2.24, 2.45) is 0 Å². The molecule has 1 aromatic heterocycles. The highest BCUT2D eigenvalue weighted by molar-refractivity contribution is 5.83. The van der Waals surface area contributed by atoms with E-state index in [4.69, 9.17) is 0 Å².